The molecular formula is C19H26N4O6. The van der Waals surface area contributed by atoms with Gasteiger partial charge in [0.1, 0.15) is 30.0 Å². The minimum Gasteiger partial charge on any atom is -0.432 e. The molecule has 3 aliphatic rings. The second-order valence-corrected chi connectivity index (χ2v) is 8.36. The first kappa shape index (κ1) is 19.9. The standard InChI is InChI=1S/C19H26N4O6/c1-9(2)25-16(24)26-15-18(5)19(15)13(28-17(3,4)29-19)12(27-18)10-6-7-11(23-10)14(21)22-8-20/h6-9,12-13,15,23H,1-5H3,(H3,20,21,22)/t12-,13-,15?,18+,19+/m0/s1. The Kier molecular flexibility index (Phi) is 4.30. The van der Waals surface area contributed by atoms with Crippen molar-refractivity contribution in [2.45, 2.75) is 76.0 Å². The smallest absolute Gasteiger partial charge is 0.432 e. The Balaban J connectivity index is 1.60. The maximum Gasteiger partial charge on any atom is 0.509 e. The number of aromatic amines is 1. The van der Waals surface area contributed by atoms with E-state index in [0.717, 1.165) is 12.0 Å². The number of hydrogen-bond donors (Lipinski definition) is 3. The van der Waals surface area contributed by atoms with Gasteiger partial charge in [0.05, 0.1) is 11.8 Å². The van der Waals surface area contributed by atoms with Gasteiger partial charge < -0.3 is 34.4 Å². The van der Waals surface area contributed by atoms with Crippen LogP contribution in [0.2, 0.25) is 0 Å². The van der Waals surface area contributed by atoms with Crippen LogP contribution in [0, 0.1) is 5.41 Å². The lowest BCUT2D eigenvalue weighted by Gasteiger charge is -2.24. The maximum absolute atomic E-state index is 12.1. The van der Waals surface area contributed by atoms with E-state index in [1.165, 1.54) is 0 Å². The third kappa shape index (κ3) is 2.85. The first-order valence-electron chi connectivity index (χ1n) is 9.48. The van der Waals surface area contributed by atoms with Crippen LogP contribution < -0.4 is 5.73 Å². The molecule has 1 saturated carbocycles. The van der Waals surface area contributed by atoms with E-state index in [4.69, 9.17) is 34.8 Å². The van der Waals surface area contributed by atoms with E-state index in [9.17, 15) is 4.79 Å². The Morgan fingerprint density at radius 2 is 2.07 bits per heavy atom. The monoisotopic (exact) mass is 406 g/mol. The summed E-state index contributed by atoms with van der Waals surface area (Å²) in [5.41, 5.74) is 5.32. The summed E-state index contributed by atoms with van der Waals surface area (Å²) in [5, 5.41) is 7.05. The van der Waals surface area contributed by atoms with E-state index >= 15 is 0 Å². The molecule has 2 saturated heterocycles. The summed E-state index contributed by atoms with van der Waals surface area (Å²) in [6, 6.07) is 3.58. The molecule has 4 N–H and O–H groups in total. The zero-order valence-corrected chi connectivity index (χ0v) is 17.0. The molecule has 3 fully saturated rings. The van der Waals surface area contributed by atoms with Gasteiger partial charge in [-0.25, -0.2) is 9.79 Å². The third-order valence-electron chi connectivity index (χ3n) is 5.52. The molecule has 5 atom stereocenters. The number of carbonyl (C=O) groups is 1. The molecule has 158 valence electrons. The molecule has 10 heteroatoms. The topological polar surface area (TPSA) is 141 Å². The van der Waals surface area contributed by atoms with E-state index in [2.05, 4.69) is 9.98 Å². The molecule has 2 aliphatic heterocycles. The van der Waals surface area contributed by atoms with Crippen LogP contribution in [-0.2, 0) is 23.7 Å². The van der Waals surface area contributed by atoms with Crippen molar-refractivity contribution in [2.24, 2.45) is 10.7 Å². The predicted molar refractivity (Wildman–Crippen MR) is 102 cm³/mol. The molecule has 29 heavy (non-hydrogen) atoms. The number of carbonyl (C=O) groups excluding carboxylic acids is 1. The van der Waals surface area contributed by atoms with Crippen molar-refractivity contribution in [2.75, 3.05) is 0 Å². The van der Waals surface area contributed by atoms with Crippen molar-refractivity contribution in [3.05, 3.63) is 23.5 Å². The third-order valence-corrected chi connectivity index (χ3v) is 5.52. The van der Waals surface area contributed by atoms with Crippen LogP contribution in [0.15, 0.2) is 17.1 Å². The number of aromatic nitrogens is 1. The molecule has 0 amide bonds. The lowest BCUT2D eigenvalue weighted by molar-refractivity contribution is -0.186. The van der Waals surface area contributed by atoms with Gasteiger partial charge in [-0.3, -0.25) is 5.41 Å². The molecule has 0 radical (unpaired) electrons. The van der Waals surface area contributed by atoms with E-state index in [1.54, 1.807) is 19.9 Å². The van der Waals surface area contributed by atoms with Gasteiger partial charge in [-0.2, -0.15) is 0 Å². The summed E-state index contributed by atoms with van der Waals surface area (Å²) in [7, 11) is 0. The van der Waals surface area contributed by atoms with Crippen LogP contribution in [0.1, 0.15) is 52.1 Å². The molecule has 1 aromatic heterocycles. The molecule has 4 rings (SSSR count). The van der Waals surface area contributed by atoms with Gasteiger partial charge in [-0.05, 0) is 46.8 Å². The van der Waals surface area contributed by atoms with Crippen molar-refractivity contribution in [3.63, 3.8) is 0 Å². The Bertz CT molecular complexity index is 880. The molecule has 0 aromatic carbocycles. The highest BCUT2D eigenvalue weighted by molar-refractivity contribution is 5.99. The lowest BCUT2D eigenvalue weighted by Crippen LogP contribution is -2.34. The summed E-state index contributed by atoms with van der Waals surface area (Å²) in [5.74, 6) is -0.679. The van der Waals surface area contributed by atoms with Crippen LogP contribution in [0.25, 0.3) is 0 Å². The fourth-order valence-corrected chi connectivity index (χ4v) is 4.39. The number of nitrogens with two attached hydrogens (primary N) is 1. The second kappa shape index (κ2) is 6.28. The minimum atomic E-state index is -0.934. The van der Waals surface area contributed by atoms with Crippen LogP contribution in [0.3, 0.4) is 0 Å². The van der Waals surface area contributed by atoms with E-state index in [-0.39, 0.29) is 11.9 Å². The molecule has 0 bridgehead atoms. The largest absolute Gasteiger partial charge is 0.509 e. The Morgan fingerprint density at radius 3 is 2.72 bits per heavy atom. The Labute approximate surface area is 168 Å². The average molecular weight is 406 g/mol. The van der Waals surface area contributed by atoms with Crippen LogP contribution in [0.5, 0.6) is 0 Å². The summed E-state index contributed by atoms with van der Waals surface area (Å²) in [6.45, 7) is 8.97. The molecule has 1 aromatic rings. The number of hydrogen-bond acceptors (Lipinski definition) is 7. The number of rotatable bonds is 5. The van der Waals surface area contributed by atoms with Crippen molar-refractivity contribution >= 4 is 18.3 Å². The van der Waals surface area contributed by atoms with Crippen molar-refractivity contribution in [1.82, 2.24) is 4.98 Å². The minimum absolute atomic E-state index is 0.192. The van der Waals surface area contributed by atoms with E-state index in [0.29, 0.717) is 5.69 Å². The molecule has 1 spiro atoms. The first-order chi connectivity index (χ1) is 13.5. The normalized spacial score (nSPS) is 37.2. The quantitative estimate of drug-likeness (QED) is 0.386. The highest BCUT2D eigenvalue weighted by Gasteiger charge is 2.92. The number of nitrogens with zero attached hydrogens (tertiary/aromatic N) is 1. The molecular weight excluding hydrogens is 380 g/mol. The molecule has 1 aliphatic carbocycles. The number of aliphatic imine (C=N–C) groups is 1. The van der Waals surface area contributed by atoms with Crippen LogP contribution >= 0.6 is 0 Å². The van der Waals surface area contributed by atoms with Crippen molar-refractivity contribution in [1.29, 1.82) is 5.41 Å². The highest BCUT2D eigenvalue weighted by atomic mass is 16.8. The van der Waals surface area contributed by atoms with Gasteiger partial charge in [0.25, 0.3) is 0 Å². The summed E-state index contributed by atoms with van der Waals surface area (Å²) >= 11 is 0. The molecule has 10 nitrogen and oxygen atoms in total. The van der Waals surface area contributed by atoms with Crippen LogP contribution in [-0.4, -0.2) is 58.6 Å². The maximum atomic E-state index is 12.1. The van der Waals surface area contributed by atoms with Crippen molar-refractivity contribution in [3.8, 4) is 0 Å². The van der Waals surface area contributed by atoms with Gasteiger partial charge in [-0.15, -0.1) is 0 Å². The van der Waals surface area contributed by atoms with Gasteiger partial charge >= 0.3 is 6.16 Å². The predicted octanol–water partition coefficient (Wildman–Crippen LogP) is 1.99. The zero-order chi connectivity index (χ0) is 21.2. The Hall–Kier alpha value is -2.43. The molecule has 1 unspecified atom stereocenters. The van der Waals surface area contributed by atoms with E-state index in [1.807, 2.05) is 26.8 Å². The Morgan fingerprint density at radius 1 is 1.34 bits per heavy atom. The number of H-pyrrole nitrogens is 1. The van der Waals surface area contributed by atoms with Gasteiger partial charge in [-0.1, -0.05) is 0 Å². The average Bonchev–Trinajstić information content (AvgIpc) is 3.05. The van der Waals surface area contributed by atoms with Crippen LogP contribution in [0.4, 0.5) is 4.79 Å². The fraction of sp³-hybridized carbons (Fsp3) is 0.632. The SMILES string of the molecule is CC(C)OC(=O)OC1[C@@]2(C)O[C@@H](c3ccc(/C(N)=N\C=N)[nH]3)[C@@H]3OC(C)(C)O[C@@]132. The first-order valence-corrected chi connectivity index (χ1v) is 9.48. The van der Waals surface area contributed by atoms with Gasteiger partial charge in [0.15, 0.2) is 17.5 Å². The van der Waals surface area contributed by atoms with Crippen molar-refractivity contribution < 1.29 is 28.5 Å². The summed E-state index contributed by atoms with van der Waals surface area (Å²) < 4.78 is 29.3. The number of nitrogens with one attached hydrogen (secondary N) is 2. The second-order valence-electron chi connectivity index (χ2n) is 8.36. The highest BCUT2D eigenvalue weighted by Crippen LogP contribution is 2.71. The lowest BCUT2D eigenvalue weighted by atomic mass is 10.0. The number of amidine groups is 1. The van der Waals surface area contributed by atoms with E-state index < -0.39 is 41.5 Å². The summed E-state index contributed by atoms with van der Waals surface area (Å²) in [6.07, 6.45) is -1.82. The summed E-state index contributed by atoms with van der Waals surface area (Å²) in [4.78, 5) is 19.0. The molecule has 3 heterocycles. The fourth-order valence-electron chi connectivity index (χ4n) is 4.39. The van der Waals surface area contributed by atoms with Gasteiger partial charge in [0, 0.05) is 5.69 Å². The number of ether oxygens (including phenoxy) is 5. The van der Waals surface area contributed by atoms with Gasteiger partial charge in [0.2, 0.25) is 0 Å². The zero-order valence-electron chi connectivity index (χ0n) is 17.0.